The summed E-state index contributed by atoms with van der Waals surface area (Å²) in [6.07, 6.45) is 1.91. The molecule has 0 spiro atoms. The van der Waals surface area contributed by atoms with E-state index in [9.17, 15) is 9.59 Å². The van der Waals surface area contributed by atoms with Gasteiger partial charge in [-0.15, -0.1) is 0 Å². The summed E-state index contributed by atoms with van der Waals surface area (Å²) in [6.45, 7) is 5.07. The Bertz CT molecular complexity index is 283. The Balaban J connectivity index is 2.29. The van der Waals surface area contributed by atoms with Gasteiger partial charge in [-0.25, -0.2) is 0 Å². The van der Waals surface area contributed by atoms with Crippen molar-refractivity contribution in [2.75, 3.05) is 12.3 Å². The van der Waals surface area contributed by atoms with Gasteiger partial charge >= 0.3 is 5.97 Å². The third kappa shape index (κ3) is 4.58. The number of carbonyl (C=O) groups is 2. The summed E-state index contributed by atoms with van der Waals surface area (Å²) in [5, 5.41) is 9.00. The fourth-order valence-corrected chi connectivity index (χ4v) is 3.08. The molecule has 0 radical (unpaired) electrons. The average Bonchev–Trinajstić information content (AvgIpc) is 2.27. The largest absolute Gasteiger partial charge is 0.481 e. The highest BCUT2D eigenvalue weighted by Gasteiger charge is 2.28. The lowest BCUT2D eigenvalue weighted by molar-refractivity contribution is -0.138. The maximum absolute atomic E-state index is 12.0. The molecule has 1 aliphatic heterocycles. The van der Waals surface area contributed by atoms with Gasteiger partial charge < -0.3 is 10.0 Å². The average molecular weight is 259 g/mol. The number of carboxylic acids is 1. The molecule has 2 atom stereocenters. The maximum Gasteiger partial charge on any atom is 0.303 e. The smallest absolute Gasteiger partial charge is 0.303 e. The molecule has 1 N–H and O–H groups in total. The van der Waals surface area contributed by atoms with E-state index in [1.54, 1.807) is 0 Å². The van der Waals surface area contributed by atoms with E-state index in [1.807, 2.05) is 16.7 Å². The van der Waals surface area contributed by atoms with Crippen LogP contribution in [0.1, 0.15) is 39.5 Å². The van der Waals surface area contributed by atoms with Gasteiger partial charge in [0.2, 0.25) is 5.91 Å². The van der Waals surface area contributed by atoms with Crippen LogP contribution in [0.4, 0.5) is 0 Å². The topological polar surface area (TPSA) is 57.6 Å². The second-order valence-electron chi connectivity index (χ2n) is 4.50. The quantitative estimate of drug-likeness (QED) is 0.767. The van der Waals surface area contributed by atoms with Crippen LogP contribution < -0.4 is 0 Å². The molecule has 1 amide bonds. The second-order valence-corrected chi connectivity index (χ2v) is 5.99. The minimum Gasteiger partial charge on any atom is -0.481 e. The van der Waals surface area contributed by atoms with Gasteiger partial charge in [-0.3, -0.25) is 9.59 Å². The molecule has 0 aromatic heterocycles. The van der Waals surface area contributed by atoms with Crippen LogP contribution in [-0.2, 0) is 9.59 Å². The van der Waals surface area contributed by atoms with E-state index in [-0.39, 0.29) is 12.3 Å². The zero-order valence-electron chi connectivity index (χ0n) is 10.5. The van der Waals surface area contributed by atoms with E-state index in [4.69, 9.17) is 5.11 Å². The number of hydrogen-bond acceptors (Lipinski definition) is 3. The van der Waals surface area contributed by atoms with Crippen molar-refractivity contribution in [1.82, 2.24) is 4.90 Å². The highest BCUT2D eigenvalue weighted by Crippen LogP contribution is 2.24. The van der Waals surface area contributed by atoms with E-state index in [1.165, 1.54) is 0 Å². The van der Waals surface area contributed by atoms with Crippen LogP contribution in [-0.4, -0.2) is 45.5 Å². The summed E-state index contributed by atoms with van der Waals surface area (Å²) in [4.78, 5) is 24.3. The molecule has 1 aliphatic rings. The molecule has 1 fully saturated rings. The Morgan fingerprint density at radius 1 is 1.29 bits per heavy atom. The van der Waals surface area contributed by atoms with Crippen LogP contribution >= 0.6 is 11.8 Å². The first-order valence-corrected chi connectivity index (χ1v) is 7.20. The number of hydrogen-bond donors (Lipinski definition) is 1. The highest BCUT2D eigenvalue weighted by atomic mass is 32.2. The van der Waals surface area contributed by atoms with E-state index < -0.39 is 5.97 Å². The number of amides is 1. The summed E-state index contributed by atoms with van der Waals surface area (Å²) in [7, 11) is 0. The molecular weight excluding hydrogens is 238 g/mol. The van der Waals surface area contributed by atoms with Crippen LogP contribution in [0.3, 0.4) is 0 Å². The third-order valence-electron chi connectivity index (χ3n) is 3.24. The van der Waals surface area contributed by atoms with Gasteiger partial charge in [0.15, 0.2) is 0 Å². The molecule has 1 saturated heterocycles. The van der Waals surface area contributed by atoms with Gasteiger partial charge in [0.1, 0.15) is 0 Å². The molecule has 4 nitrogen and oxygen atoms in total. The highest BCUT2D eigenvalue weighted by molar-refractivity contribution is 8.00. The van der Waals surface area contributed by atoms with Crippen molar-refractivity contribution < 1.29 is 14.7 Å². The van der Waals surface area contributed by atoms with Crippen molar-refractivity contribution in [3.05, 3.63) is 0 Å². The molecule has 98 valence electrons. The van der Waals surface area contributed by atoms with Crippen molar-refractivity contribution in [2.45, 2.75) is 50.8 Å². The lowest BCUT2D eigenvalue weighted by Gasteiger charge is -2.37. The van der Waals surface area contributed by atoms with Crippen molar-refractivity contribution in [3.8, 4) is 0 Å². The predicted octanol–water partition coefficient (Wildman–Crippen LogP) is 1.98. The number of rotatable bonds is 5. The summed E-state index contributed by atoms with van der Waals surface area (Å²) in [5.41, 5.74) is 0. The number of thioether (sulfide) groups is 1. The minimum absolute atomic E-state index is 0.162. The Hall–Kier alpha value is -0.710. The number of carboxylic acid groups (broad SMARTS) is 1. The Kier molecular flexibility index (Phi) is 5.82. The SMILES string of the molecule is CC1SCCN(C(=O)CCCCC(=O)O)C1C. The fraction of sp³-hybridized carbons (Fsp3) is 0.833. The first-order valence-electron chi connectivity index (χ1n) is 6.15. The summed E-state index contributed by atoms with van der Waals surface area (Å²) >= 11 is 1.91. The Morgan fingerprint density at radius 3 is 2.59 bits per heavy atom. The number of nitrogens with zero attached hydrogens (tertiary/aromatic N) is 1. The molecule has 1 heterocycles. The van der Waals surface area contributed by atoms with Crippen molar-refractivity contribution in [1.29, 1.82) is 0 Å². The Morgan fingerprint density at radius 2 is 1.94 bits per heavy atom. The number of carbonyl (C=O) groups excluding carboxylic acids is 1. The Labute approximate surface area is 107 Å². The van der Waals surface area contributed by atoms with Crippen LogP contribution in [0, 0.1) is 0 Å². The molecular formula is C12H21NO3S. The van der Waals surface area contributed by atoms with Gasteiger partial charge in [-0.05, 0) is 19.8 Å². The van der Waals surface area contributed by atoms with Crippen LogP contribution in [0.5, 0.6) is 0 Å². The zero-order valence-corrected chi connectivity index (χ0v) is 11.3. The normalized spacial score (nSPS) is 24.7. The lowest BCUT2D eigenvalue weighted by atomic mass is 10.1. The summed E-state index contributed by atoms with van der Waals surface area (Å²) in [6, 6.07) is 0.292. The van der Waals surface area contributed by atoms with Gasteiger partial charge in [-0.2, -0.15) is 11.8 Å². The summed E-state index contributed by atoms with van der Waals surface area (Å²) in [5.74, 6) is 0.399. The van der Waals surface area contributed by atoms with Gasteiger partial charge in [-0.1, -0.05) is 6.92 Å². The van der Waals surface area contributed by atoms with E-state index in [2.05, 4.69) is 13.8 Å². The van der Waals surface area contributed by atoms with Crippen molar-refractivity contribution >= 4 is 23.6 Å². The summed E-state index contributed by atoms with van der Waals surface area (Å²) < 4.78 is 0. The maximum atomic E-state index is 12.0. The molecule has 0 bridgehead atoms. The van der Waals surface area contributed by atoms with Gasteiger partial charge in [0.05, 0.1) is 0 Å². The van der Waals surface area contributed by atoms with Crippen LogP contribution in [0.2, 0.25) is 0 Å². The third-order valence-corrected chi connectivity index (χ3v) is 4.57. The van der Waals surface area contributed by atoms with Crippen molar-refractivity contribution in [2.24, 2.45) is 0 Å². The van der Waals surface area contributed by atoms with E-state index in [0.29, 0.717) is 30.6 Å². The minimum atomic E-state index is -0.784. The van der Waals surface area contributed by atoms with E-state index in [0.717, 1.165) is 12.3 Å². The van der Waals surface area contributed by atoms with Gasteiger partial charge in [0, 0.05) is 36.4 Å². The molecule has 0 aromatic carbocycles. The van der Waals surface area contributed by atoms with Gasteiger partial charge in [0.25, 0.3) is 0 Å². The molecule has 17 heavy (non-hydrogen) atoms. The second kappa shape index (κ2) is 6.89. The lowest BCUT2D eigenvalue weighted by Crippen LogP contribution is -2.47. The molecule has 0 saturated carbocycles. The zero-order chi connectivity index (χ0) is 12.8. The molecule has 5 heteroatoms. The number of unbranched alkanes of at least 4 members (excludes halogenated alkanes) is 1. The monoisotopic (exact) mass is 259 g/mol. The number of aliphatic carboxylic acids is 1. The first kappa shape index (κ1) is 14.4. The molecule has 0 aromatic rings. The standard InChI is InChI=1S/C12H21NO3S/c1-9-10(2)17-8-7-13(9)11(14)5-3-4-6-12(15)16/h9-10H,3-8H2,1-2H3,(H,15,16). The van der Waals surface area contributed by atoms with Crippen LogP contribution in [0.25, 0.3) is 0 Å². The van der Waals surface area contributed by atoms with E-state index >= 15 is 0 Å². The molecule has 2 unspecified atom stereocenters. The predicted molar refractivity (Wildman–Crippen MR) is 69.2 cm³/mol. The fourth-order valence-electron chi connectivity index (χ4n) is 1.98. The molecule has 1 rings (SSSR count). The van der Waals surface area contributed by atoms with Crippen molar-refractivity contribution in [3.63, 3.8) is 0 Å². The molecule has 0 aliphatic carbocycles. The first-order chi connectivity index (χ1) is 8.02. The van der Waals surface area contributed by atoms with Crippen LogP contribution in [0.15, 0.2) is 0 Å².